The molecule has 5 nitrogen and oxygen atoms in total. The highest BCUT2D eigenvalue weighted by molar-refractivity contribution is 5.89. The van der Waals surface area contributed by atoms with Crippen LogP contribution in [0.2, 0.25) is 0 Å². The van der Waals surface area contributed by atoms with Crippen molar-refractivity contribution >= 4 is 11.7 Å². The lowest BCUT2D eigenvalue weighted by molar-refractivity contribution is 0.108. The van der Waals surface area contributed by atoms with Crippen LogP contribution in [0.25, 0.3) is 0 Å². The quantitative estimate of drug-likeness (QED) is 0.646. The number of urea groups is 1. The van der Waals surface area contributed by atoms with Crippen molar-refractivity contribution in [2.75, 3.05) is 25.1 Å². The zero-order valence-electron chi connectivity index (χ0n) is 13.1. The molecule has 0 heterocycles. The van der Waals surface area contributed by atoms with Gasteiger partial charge in [-0.1, -0.05) is 26.0 Å². The molecular formula is C16H26N2O3. The topological polar surface area (TPSA) is 70.6 Å². The molecule has 0 radical (unpaired) electrons. The Balaban J connectivity index is 2.18. The molecule has 0 saturated carbocycles. The highest BCUT2D eigenvalue weighted by atomic mass is 16.5. The van der Waals surface area contributed by atoms with Crippen LogP contribution in [-0.4, -0.2) is 30.9 Å². The normalized spacial score (nSPS) is 12.2. The van der Waals surface area contributed by atoms with Crippen molar-refractivity contribution in [1.29, 1.82) is 0 Å². The Bertz CT molecular complexity index is 416. The lowest BCUT2D eigenvalue weighted by atomic mass is 10.1. The number of hydrogen-bond acceptors (Lipinski definition) is 3. The summed E-state index contributed by atoms with van der Waals surface area (Å²) in [5.41, 5.74) is 1.52. The van der Waals surface area contributed by atoms with Crippen LogP contribution in [-0.2, 0) is 4.74 Å². The van der Waals surface area contributed by atoms with E-state index in [0.29, 0.717) is 24.8 Å². The van der Waals surface area contributed by atoms with Crippen LogP contribution in [0.15, 0.2) is 24.3 Å². The van der Waals surface area contributed by atoms with Gasteiger partial charge in [0, 0.05) is 25.4 Å². The number of benzene rings is 1. The summed E-state index contributed by atoms with van der Waals surface area (Å²) in [6.45, 7) is 7.90. The van der Waals surface area contributed by atoms with Gasteiger partial charge in [-0.25, -0.2) is 4.79 Å². The molecule has 0 saturated heterocycles. The van der Waals surface area contributed by atoms with E-state index >= 15 is 0 Å². The average Bonchev–Trinajstić information content (AvgIpc) is 2.43. The van der Waals surface area contributed by atoms with E-state index in [1.807, 2.05) is 0 Å². The predicted molar refractivity (Wildman–Crippen MR) is 84.4 cm³/mol. The zero-order valence-corrected chi connectivity index (χ0v) is 13.1. The Morgan fingerprint density at radius 3 is 2.48 bits per heavy atom. The monoisotopic (exact) mass is 294 g/mol. The maximum Gasteiger partial charge on any atom is 0.319 e. The Morgan fingerprint density at radius 1 is 1.24 bits per heavy atom. The molecule has 1 rings (SSSR count). The van der Waals surface area contributed by atoms with Gasteiger partial charge >= 0.3 is 6.03 Å². The summed E-state index contributed by atoms with van der Waals surface area (Å²) >= 11 is 0. The summed E-state index contributed by atoms with van der Waals surface area (Å²) in [6.07, 6.45) is 0.292. The molecule has 3 N–H and O–H groups in total. The number of ether oxygens (including phenoxy) is 1. The summed E-state index contributed by atoms with van der Waals surface area (Å²) in [5, 5.41) is 14.9. The molecule has 21 heavy (non-hydrogen) atoms. The Hall–Kier alpha value is -1.59. The lowest BCUT2D eigenvalue weighted by Gasteiger charge is -2.10. The molecule has 1 atom stereocenters. The lowest BCUT2D eigenvalue weighted by Crippen LogP contribution is -2.30. The summed E-state index contributed by atoms with van der Waals surface area (Å²) in [6, 6.07) is 6.89. The maximum absolute atomic E-state index is 11.7. The van der Waals surface area contributed by atoms with E-state index in [2.05, 4.69) is 24.5 Å². The molecule has 0 spiro atoms. The van der Waals surface area contributed by atoms with Gasteiger partial charge in [0.05, 0.1) is 6.10 Å². The second-order valence-electron chi connectivity index (χ2n) is 5.50. The fourth-order valence-electron chi connectivity index (χ4n) is 1.72. The SMILES string of the molecule is CC(C)COCCCNC(=O)Nc1ccc(C(C)O)cc1. The van der Waals surface area contributed by atoms with Crippen LogP contribution < -0.4 is 10.6 Å². The van der Waals surface area contributed by atoms with Crippen LogP contribution >= 0.6 is 0 Å². The van der Waals surface area contributed by atoms with E-state index in [1.165, 1.54) is 0 Å². The molecule has 1 aromatic carbocycles. The molecule has 0 aliphatic heterocycles. The number of aliphatic hydroxyl groups excluding tert-OH is 1. The average molecular weight is 294 g/mol. The summed E-state index contributed by atoms with van der Waals surface area (Å²) in [5.74, 6) is 0.533. The number of carbonyl (C=O) groups excluding carboxylic acids is 1. The molecule has 5 heteroatoms. The number of aliphatic hydroxyl groups is 1. The third kappa shape index (κ3) is 7.68. The fraction of sp³-hybridized carbons (Fsp3) is 0.562. The van der Waals surface area contributed by atoms with Crippen molar-refractivity contribution in [2.24, 2.45) is 5.92 Å². The number of anilines is 1. The first-order valence-corrected chi connectivity index (χ1v) is 7.39. The molecule has 2 amide bonds. The van der Waals surface area contributed by atoms with Crippen LogP contribution in [0, 0.1) is 5.92 Å². The molecule has 1 aromatic rings. The fourth-order valence-corrected chi connectivity index (χ4v) is 1.72. The Morgan fingerprint density at radius 2 is 1.90 bits per heavy atom. The molecule has 0 aliphatic rings. The van der Waals surface area contributed by atoms with Crippen LogP contribution in [0.1, 0.15) is 38.9 Å². The standard InChI is InChI=1S/C16H26N2O3/c1-12(2)11-21-10-4-9-17-16(20)18-15-7-5-14(6-8-15)13(3)19/h5-8,12-13,19H,4,9-11H2,1-3H3,(H2,17,18,20). The van der Waals surface area contributed by atoms with Gasteiger partial charge in [-0.15, -0.1) is 0 Å². The van der Waals surface area contributed by atoms with Gasteiger partial charge in [0.15, 0.2) is 0 Å². The van der Waals surface area contributed by atoms with E-state index < -0.39 is 6.10 Å². The van der Waals surface area contributed by atoms with Crippen molar-refractivity contribution < 1.29 is 14.6 Å². The highest BCUT2D eigenvalue weighted by Gasteiger charge is 2.03. The summed E-state index contributed by atoms with van der Waals surface area (Å²) in [7, 11) is 0. The van der Waals surface area contributed by atoms with E-state index in [-0.39, 0.29) is 6.03 Å². The number of carbonyl (C=O) groups is 1. The molecule has 0 fully saturated rings. The van der Waals surface area contributed by atoms with Gasteiger partial charge in [0.25, 0.3) is 0 Å². The van der Waals surface area contributed by atoms with Crippen molar-refractivity contribution in [3.05, 3.63) is 29.8 Å². The van der Waals surface area contributed by atoms with E-state index in [1.54, 1.807) is 31.2 Å². The third-order valence-corrected chi connectivity index (χ3v) is 2.85. The minimum Gasteiger partial charge on any atom is -0.389 e. The van der Waals surface area contributed by atoms with Crippen molar-refractivity contribution in [2.45, 2.75) is 33.3 Å². The van der Waals surface area contributed by atoms with E-state index in [4.69, 9.17) is 4.74 Å². The number of hydrogen-bond donors (Lipinski definition) is 3. The third-order valence-electron chi connectivity index (χ3n) is 2.85. The van der Waals surface area contributed by atoms with Crippen LogP contribution in [0.3, 0.4) is 0 Å². The highest BCUT2D eigenvalue weighted by Crippen LogP contribution is 2.15. The smallest absolute Gasteiger partial charge is 0.319 e. The van der Waals surface area contributed by atoms with Gasteiger partial charge < -0.3 is 20.5 Å². The predicted octanol–water partition coefficient (Wildman–Crippen LogP) is 2.92. The number of amides is 2. The molecular weight excluding hydrogens is 268 g/mol. The van der Waals surface area contributed by atoms with Crippen molar-refractivity contribution in [3.8, 4) is 0 Å². The molecule has 1 unspecified atom stereocenters. The minimum atomic E-state index is -0.501. The van der Waals surface area contributed by atoms with Crippen molar-refractivity contribution in [1.82, 2.24) is 5.32 Å². The number of rotatable bonds is 8. The summed E-state index contributed by atoms with van der Waals surface area (Å²) < 4.78 is 5.44. The van der Waals surface area contributed by atoms with Gasteiger partial charge in [-0.3, -0.25) is 0 Å². The van der Waals surface area contributed by atoms with Crippen LogP contribution in [0.5, 0.6) is 0 Å². The van der Waals surface area contributed by atoms with E-state index in [9.17, 15) is 9.90 Å². The molecule has 0 bridgehead atoms. The Kier molecular flexibility index (Phi) is 7.79. The zero-order chi connectivity index (χ0) is 15.7. The summed E-state index contributed by atoms with van der Waals surface area (Å²) in [4.78, 5) is 11.7. The molecule has 0 aliphatic carbocycles. The van der Waals surface area contributed by atoms with Gasteiger partial charge in [-0.05, 0) is 37.0 Å². The number of nitrogens with one attached hydrogen (secondary N) is 2. The first-order chi connectivity index (χ1) is 9.99. The second kappa shape index (κ2) is 9.37. The Labute approximate surface area is 126 Å². The molecule has 118 valence electrons. The molecule has 0 aromatic heterocycles. The maximum atomic E-state index is 11.7. The first-order valence-electron chi connectivity index (χ1n) is 7.39. The van der Waals surface area contributed by atoms with E-state index in [0.717, 1.165) is 18.6 Å². The van der Waals surface area contributed by atoms with Crippen molar-refractivity contribution in [3.63, 3.8) is 0 Å². The van der Waals surface area contributed by atoms with Gasteiger partial charge in [0.1, 0.15) is 0 Å². The second-order valence-corrected chi connectivity index (χ2v) is 5.50. The first kappa shape index (κ1) is 17.5. The minimum absolute atomic E-state index is 0.233. The van der Waals surface area contributed by atoms with Crippen LogP contribution in [0.4, 0.5) is 10.5 Å². The largest absolute Gasteiger partial charge is 0.389 e. The van der Waals surface area contributed by atoms with Gasteiger partial charge in [-0.2, -0.15) is 0 Å². The van der Waals surface area contributed by atoms with Gasteiger partial charge in [0.2, 0.25) is 0 Å².